The van der Waals surface area contributed by atoms with Crippen molar-refractivity contribution in [1.82, 2.24) is 21.3 Å². The number of rotatable bonds is 15. The maximum absolute atomic E-state index is 12.8. The van der Waals surface area contributed by atoms with E-state index in [0.29, 0.717) is 17.9 Å². The summed E-state index contributed by atoms with van der Waals surface area (Å²) in [4.78, 5) is 47.9. The van der Waals surface area contributed by atoms with Gasteiger partial charge in [-0.25, -0.2) is 0 Å². The first-order valence-corrected chi connectivity index (χ1v) is 19.2. The van der Waals surface area contributed by atoms with Crippen LogP contribution < -0.4 is 26.0 Å². The van der Waals surface area contributed by atoms with Crippen molar-refractivity contribution in [2.45, 2.75) is 127 Å². The van der Waals surface area contributed by atoms with Crippen molar-refractivity contribution in [3.8, 4) is 17.6 Å². The zero-order valence-corrected chi connectivity index (χ0v) is 35.1. The lowest BCUT2D eigenvalue weighted by molar-refractivity contribution is -0.126. The van der Waals surface area contributed by atoms with E-state index in [4.69, 9.17) is 9.47 Å². The van der Waals surface area contributed by atoms with E-state index < -0.39 is 0 Å². The standard InChI is InChI=1S/C30H44N4O6.C4H6.C3H8.2C2H6.C2H4/c1-4-7-23-8-6-9-25(20-22(23)5-2)34-30(38)24-10-12-26(13-11-24)40-19-18-33-28(36)15-14-27(35)31-16-17-32-29(37)21-39-3;1-3-4-2;1-3-2;3*1-2/h5,7,10-13,25H,4,6,8-9,14-21H2,1-3H3,(H,31,35)(H,32,37)(H,33,36)(H,34,38);1-2H3;3H2,1-2H3;2*1-2H3;1-2H2/b22-5-,23-7-;;;;;/t25-;;;;;/m1...../s1. The molecule has 0 radical (unpaired) electrons. The first-order valence-electron chi connectivity index (χ1n) is 19.2. The van der Waals surface area contributed by atoms with Gasteiger partial charge in [-0.05, 0) is 88.3 Å². The Balaban J connectivity index is -0.000000812. The molecule has 1 saturated carbocycles. The quantitative estimate of drug-likeness (QED) is 0.0621. The van der Waals surface area contributed by atoms with Crippen LogP contribution >= 0.6 is 0 Å². The summed E-state index contributed by atoms with van der Waals surface area (Å²) < 4.78 is 10.4. The van der Waals surface area contributed by atoms with Gasteiger partial charge in [-0.15, -0.1) is 25.0 Å². The fourth-order valence-corrected chi connectivity index (χ4v) is 4.42. The SMILES string of the molecule is C/C=C1/C[C@H](NC(=O)c2ccc(OCCNC(=O)CCC(=O)NCCNC(=O)COC)cc2)CCC/C1=C/CC.C=C.CC.CC.CC#CC.CCC. The van der Waals surface area contributed by atoms with Gasteiger partial charge in [0.25, 0.3) is 5.91 Å². The number of allylic oxidation sites excluding steroid dienone is 3. The van der Waals surface area contributed by atoms with E-state index in [9.17, 15) is 19.2 Å². The van der Waals surface area contributed by atoms with Crippen molar-refractivity contribution in [2.75, 3.05) is 40.0 Å². The van der Waals surface area contributed by atoms with Crippen molar-refractivity contribution in [2.24, 2.45) is 0 Å². The van der Waals surface area contributed by atoms with Crippen molar-refractivity contribution >= 4 is 23.6 Å². The normalized spacial score (nSPS) is 13.8. The first-order chi connectivity index (χ1) is 25.7. The van der Waals surface area contributed by atoms with E-state index in [-0.39, 0.29) is 68.8 Å². The molecule has 4 N–H and O–H groups in total. The Hall–Kier alpha value is -4.36. The molecule has 302 valence electrons. The molecule has 2 rings (SSSR count). The van der Waals surface area contributed by atoms with Crippen LogP contribution in [-0.2, 0) is 19.1 Å². The number of nitrogens with one attached hydrogen (secondary N) is 4. The fraction of sp³-hybridized carbons (Fsp3) is 0.581. The van der Waals surface area contributed by atoms with Crippen LogP contribution in [0.3, 0.4) is 0 Å². The van der Waals surface area contributed by atoms with E-state index in [2.05, 4.69) is 86.1 Å². The second kappa shape index (κ2) is 42.1. The van der Waals surface area contributed by atoms with Gasteiger partial charge in [-0.2, -0.15) is 0 Å². The van der Waals surface area contributed by atoms with Crippen LogP contribution in [0, 0.1) is 11.8 Å². The van der Waals surface area contributed by atoms with Gasteiger partial charge in [0, 0.05) is 44.6 Å². The van der Waals surface area contributed by atoms with Crippen LogP contribution in [-0.4, -0.2) is 69.6 Å². The minimum atomic E-state index is -0.268. The van der Waals surface area contributed by atoms with E-state index in [1.807, 2.05) is 41.5 Å². The third kappa shape index (κ3) is 32.1. The lowest BCUT2D eigenvalue weighted by Gasteiger charge is -2.18. The molecule has 0 unspecified atom stereocenters. The number of ether oxygens (including phenoxy) is 2. The molecule has 1 aliphatic carbocycles. The van der Waals surface area contributed by atoms with Gasteiger partial charge >= 0.3 is 0 Å². The van der Waals surface area contributed by atoms with Gasteiger partial charge in [0.1, 0.15) is 19.0 Å². The largest absolute Gasteiger partial charge is 0.492 e. The molecule has 1 aromatic rings. The zero-order valence-electron chi connectivity index (χ0n) is 35.1. The van der Waals surface area contributed by atoms with Crippen LogP contribution in [0.15, 0.2) is 60.7 Å². The summed E-state index contributed by atoms with van der Waals surface area (Å²) in [7, 11) is 1.43. The fourth-order valence-electron chi connectivity index (χ4n) is 4.42. The predicted molar refractivity (Wildman–Crippen MR) is 223 cm³/mol. The number of methoxy groups -OCH3 is 1. The summed E-state index contributed by atoms with van der Waals surface area (Å²) in [5.41, 5.74) is 3.30. The topological polar surface area (TPSA) is 135 Å². The lowest BCUT2D eigenvalue weighted by atomic mass is 9.99. The minimum Gasteiger partial charge on any atom is -0.492 e. The number of carbonyl (C=O) groups excluding carboxylic acids is 4. The van der Waals surface area contributed by atoms with Crippen molar-refractivity contribution in [3.63, 3.8) is 0 Å². The van der Waals surface area contributed by atoms with Crippen molar-refractivity contribution < 1.29 is 28.7 Å². The monoisotopic (exact) mass is 743 g/mol. The van der Waals surface area contributed by atoms with Crippen LogP contribution in [0.1, 0.15) is 131 Å². The number of hydrogen-bond donors (Lipinski definition) is 4. The van der Waals surface area contributed by atoms with E-state index in [1.165, 1.54) is 24.7 Å². The lowest BCUT2D eigenvalue weighted by Crippen LogP contribution is -2.36. The molecule has 10 nitrogen and oxygen atoms in total. The molecule has 0 bridgehead atoms. The molecule has 1 fully saturated rings. The summed E-state index contributed by atoms with van der Waals surface area (Å²) in [5, 5.41) is 11.1. The first kappa shape index (κ1) is 55.4. The summed E-state index contributed by atoms with van der Waals surface area (Å²) >= 11 is 0. The van der Waals surface area contributed by atoms with Gasteiger partial charge in [0.2, 0.25) is 17.7 Å². The molecule has 1 atom stereocenters. The van der Waals surface area contributed by atoms with E-state index in [0.717, 1.165) is 32.1 Å². The van der Waals surface area contributed by atoms with Gasteiger partial charge < -0.3 is 30.7 Å². The highest BCUT2D eigenvalue weighted by Crippen LogP contribution is 2.28. The third-order valence-electron chi connectivity index (χ3n) is 6.70. The van der Waals surface area contributed by atoms with Gasteiger partial charge in [0.05, 0.1) is 6.54 Å². The molecular formula is C43H74N4O6. The molecule has 4 amide bonds. The van der Waals surface area contributed by atoms with Crippen molar-refractivity contribution in [1.29, 1.82) is 0 Å². The highest BCUT2D eigenvalue weighted by molar-refractivity contribution is 5.94. The molecule has 10 heteroatoms. The third-order valence-corrected chi connectivity index (χ3v) is 6.70. The molecule has 0 saturated heterocycles. The van der Waals surface area contributed by atoms with Crippen LogP contribution in [0.4, 0.5) is 0 Å². The summed E-state index contributed by atoms with van der Waals surface area (Å²) in [6, 6.07) is 7.07. The van der Waals surface area contributed by atoms with Crippen LogP contribution in [0.5, 0.6) is 5.75 Å². The molecule has 1 aliphatic rings. The van der Waals surface area contributed by atoms with Crippen molar-refractivity contribution in [3.05, 3.63) is 66.3 Å². The van der Waals surface area contributed by atoms with Gasteiger partial charge in [-0.3, -0.25) is 19.2 Å². The number of carbonyl (C=O) groups is 4. The second-order valence-corrected chi connectivity index (χ2v) is 10.8. The average molecular weight is 743 g/mol. The van der Waals surface area contributed by atoms with Crippen LogP contribution in [0.2, 0.25) is 0 Å². The summed E-state index contributed by atoms with van der Waals surface area (Å²) in [6.07, 6.45) is 10.7. The predicted octanol–water partition coefficient (Wildman–Crippen LogP) is 8.10. The highest BCUT2D eigenvalue weighted by atomic mass is 16.5. The molecular weight excluding hydrogens is 668 g/mol. The minimum absolute atomic E-state index is 0.0309. The summed E-state index contributed by atoms with van der Waals surface area (Å²) in [5.74, 6) is 5.09. The Bertz CT molecular complexity index is 1190. The maximum Gasteiger partial charge on any atom is 0.251 e. The average Bonchev–Trinajstić information content (AvgIpc) is 3.38. The highest BCUT2D eigenvalue weighted by Gasteiger charge is 2.20. The number of amides is 4. The second-order valence-electron chi connectivity index (χ2n) is 10.8. The molecule has 0 heterocycles. The van der Waals surface area contributed by atoms with E-state index >= 15 is 0 Å². The molecule has 0 spiro atoms. The molecule has 53 heavy (non-hydrogen) atoms. The van der Waals surface area contributed by atoms with E-state index in [1.54, 1.807) is 24.3 Å². The Morgan fingerprint density at radius 1 is 0.830 bits per heavy atom. The Kier molecular flexibility index (Phi) is 44.0. The Morgan fingerprint density at radius 2 is 1.34 bits per heavy atom. The van der Waals surface area contributed by atoms with Crippen LogP contribution in [0.25, 0.3) is 0 Å². The van der Waals surface area contributed by atoms with Gasteiger partial charge in [-0.1, -0.05) is 67.0 Å². The molecule has 0 aromatic heterocycles. The van der Waals surface area contributed by atoms with Gasteiger partial charge in [0.15, 0.2) is 0 Å². The Morgan fingerprint density at radius 3 is 1.81 bits per heavy atom. The smallest absolute Gasteiger partial charge is 0.251 e. The zero-order chi connectivity index (χ0) is 41.3. The summed E-state index contributed by atoms with van der Waals surface area (Å²) in [6.45, 7) is 27.2. The number of hydrogen-bond acceptors (Lipinski definition) is 6. The molecule has 0 aliphatic heterocycles. The maximum atomic E-state index is 12.8. The number of benzene rings is 1. The Labute approximate surface area is 323 Å². The molecule has 1 aromatic carbocycles.